The molecule has 0 aliphatic heterocycles. The molecule has 2 aromatic heterocycles. The van der Waals surface area contributed by atoms with E-state index in [-0.39, 0.29) is 6.04 Å². The molecule has 0 spiro atoms. The van der Waals surface area contributed by atoms with Crippen LogP contribution in [0.3, 0.4) is 0 Å². The fourth-order valence-corrected chi connectivity index (χ4v) is 2.47. The summed E-state index contributed by atoms with van der Waals surface area (Å²) in [6, 6.07) is 11.7. The molecule has 0 aliphatic rings. The van der Waals surface area contributed by atoms with E-state index in [9.17, 15) is 5.11 Å². The largest absolute Gasteiger partial charge is 0.467 e. The second-order valence-corrected chi connectivity index (χ2v) is 5.31. The van der Waals surface area contributed by atoms with E-state index in [4.69, 9.17) is 8.83 Å². The predicted molar refractivity (Wildman–Crippen MR) is 80.8 cm³/mol. The van der Waals surface area contributed by atoms with Crippen molar-refractivity contribution in [1.29, 1.82) is 0 Å². The van der Waals surface area contributed by atoms with Gasteiger partial charge in [0.05, 0.1) is 12.5 Å². The molecule has 1 aromatic carbocycles. The summed E-state index contributed by atoms with van der Waals surface area (Å²) >= 11 is 0. The van der Waals surface area contributed by atoms with Crippen molar-refractivity contribution in [3.63, 3.8) is 0 Å². The number of hydrogen-bond acceptors (Lipinski definition) is 4. The average molecular weight is 285 g/mol. The standard InChI is InChI=1S/C17H19NO3/c1-12(9-15(19)17-7-4-8-20-17)18-10-13-11-21-16-6-3-2-5-14(13)16/h2-8,11-12,15,18-19H,9-10H2,1H3. The van der Waals surface area contributed by atoms with Crippen molar-refractivity contribution >= 4 is 11.0 Å². The smallest absolute Gasteiger partial charge is 0.134 e. The molecule has 0 fully saturated rings. The Hall–Kier alpha value is -2.04. The summed E-state index contributed by atoms with van der Waals surface area (Å²) in [5.41, 5.74) is 2.03. The summed E-state index contributed by atoms with van der Waals surface area (Å²) in [4.78, 5) is 0. The molecule has 2 heterocycles. The maximum absolute atomic E-state index is 10.1. The quantitative estimate of drug-likeness (QED) is 0.726. The number of fused-ring (bicyclic) bond motifs is 1. The summed E-state index contributed by atoms with van der Waals surface area (Å²) < 4.78 is 10.7. The van der Waals surface area contributed by atoms with Crippen LogP contribution in [0.15, 0.2) is 57.8 Å². The molecule has 2 unspecified atom stereocenters. The molecule has 3 aromatic rings. The van der Waals surface area contributed by atoms with Crippen LogP contribution in [-0.4, -0.2) is 11.1 Å². The number of aliphatic hydroxyl groups is 1. The molecule has 0 radical (unpaired) electrons. The third-order valence-corrected chi connectivity index (χ3v) is 3.65. The van der Waals surface area contributed by atoms with Gasteiger partial charge >= 0.3 is 0 Å². The molecule has 4 heteroatoms. The van der Waals surface area contributed by atoms with Crippen LogP contribution in [0.5, 0.6) is 0 Å². The van der Waals surface area contributed by atoms with Crippen molar-refractivity contribution in [3.05, 3.63) is 60.2 Å². The molecule has 0 aliphatic carbocycles. The minimum Gasteiger partial charge on any atom is -0.467 e. The van der Waals surface area contributed by atoms with Crippen molar-refractivity contribution in [3.8, 4) is 0 Å². The molecule has 0 amide bonds. The van der Waals surface area contributed by atoms with E-state index in [0.717, 1.165) is 16.5 Å². The zero-order chi connectivity index (χ0) is 14.7. The zero-order valence-electron chi connectivity index (χ0n) is 12.0. The Morgan fingerprint density at radius 1 is 1.14 bits per heavy atom. The van der Waals surface area contributed by atoms with Crippen LogP contribution in [0.2, 0.25) is 0 Å². The van der Waals surface area contributed by atoms with Gasteiger partial charge in [-0.05, 0) is 31.5 Å². The number of aliphatic hydroxyl groups excluding tert-OH is 1. The van der Waals surface area contributed by atoms with Gasteiger partial charge in [0.2, 0.25) is 0 Å². The molecule has 0 saturated carbocycles. The first-order chi connectivity index (χ1) is 10.2. The van der Waals surface area contributed by atoms with Gasteiger partial charge in [0, 0.05) is 23.5 Å². The van der Waals surface area contributed by atoms with Gasteiger partial charge in [0.15, 0.2) is 0 Å². The van der Waals surface area contributed by atoms with Crippen LogP contribution in [-0.2, 0) is 6.54 Å². The van der Waals surface area contributed by atoms with Crippen LogP contribution in [0.25, 0.3) is 11.0 Å². The summed E-state index contributed by atoms with van der Waals surface area (Å²) in [5, 5.41) is 14.6. The molecule has 110 valence electrons. The highest BCUT2D eigenvalue weighted by molar-refractivity contribution is 5.80. The normalized spacial score (nSPS) is 14.4. The lowest BCUT2D eigenvalue weighted by molar-refractivity contribution is 0.128. The second kappa shape index (κ2) is 6.16. The Labute approximate surface area is 123 Å². The SMILES string of the molecule is CC(CC(O)c1ccco1)NCc1coc2ccccc12. The summed E-state index contributed by atoms with van der Waals surface area (Å²) in [6.07, 6.45) is 3.38. The summed E-state index contributed by atoms with van der Waals surface area (Å²) in [5.74, 6) is 0.609. The maximum Gasteiger partial charge on any atom is 0.134 e. The maximum atomic E-state index is 10.1. The molecule has 2 N–H and O–H groups in total. The number of rotatable bonds is 6. The Kier molecular flexibility index (Phi) is 4.08. The molecule has 2 atom stereocenters. The number of benzene rings is 1. The minimum absolute atomic E-state index is 0.166. The number of furan rings is 2. The topological polar surface area (TPSA) is 58.5 Å². The first-order valence-electron chi connectivity index (χ1n) is 7.14. The zero-order valence-corrected chi connectivity index (χ0v) is 12.0. The highest BCUT2D eigenvalue weighted by atomic mass is 16.4. The van der Waals surface area contributed by atoms with Gasteiger partial charge in [-0.2, -0.15) is 0 Å². The van der Waals surface area contributed by atoms with Crippen molar-refractivity contribution < 1.29 is 13.9 Å². The predicted octanol–water partition coefficient (Wildman–Crippen LogP) is 3.63. The lowest BCUT2D eigenvalue weighted by atomic mass is 10.1. The lowest BCUT2D eigenvalue weighted by Gasteiger charge is -2.16. The number of hydrogen-bond donors (Lipinski definition) is 2. The van der Waals surface area contributed by atoms with Gasteiger partial charge in [-0.15, -0.1) is 0 Å². The summed E-state index contributed by atoms with van der Waals surface area (Å²) in [7, 11) is 0. The van der Waals surface area contributed by atoms with E-state index in [2.05, 4.69) is 18.3 Å². The second-order valence-electron chi connectivity index (χ2n) is 5.31. The Balaban J connectivity index is 1.57. The van der Waals surface area contributed by atoms with Gasteiger partial charge < -0.3 is 19.3 Å². The van der Waals surface area contributed by atoms with E-state index in [1.54, 1.807) is 24.7 Å². The Morgan fingerprint density at radius 2 is 2.00 bits per heavy atom. The fraction of sp³-hybridized carbons (Fsp3) is 0.294. The molecule has 0 bridgehead atoms. The van der Waals surface area contributed by atoms with Crippen LogP contribution >= 0.6 is 0 Å². The van der Waals surface area contributed by atoms with E-state index in [1.165, 1.54) is 0 Å². The van der Waals surface area contributed by atoms with E-state index >= 15 is 0 Å². The molecule has 0 saturated heterocycles. The van der Waals surface area contributed by atoms with E-state index in [0.29, 0.717) is 18.7 Å². The van der Waals surface area contributed by atoms with Crippen LogP contribution in [0.4, 0.5) is 0 Å². The fourth-order valence-electron chi connectivity index (χ4n) is 2.47. The van der Waals surface area contributed by atoms with Gasteiger partial charge in [-0.1, -0.05) is 18.2 Å². The third kappa shape index (κ3) is 3.17. The van der Waals surface area contributed by atoms with Crippen LogP contribution in [0.1, 0.15) is 30.8 Å². The highest BCUT2D eigenvalue weighted by Gasteiger charge is 2.15. The van der Waals surface area contributed by atoms with Gasteiger partial charge in [0.25, 0.3) is 0 Å². The van der Waals surface area contributed by atoms with Crippen molar-refractivity contribution in [2.24, 2.45) is 0 Å². The van der Waals surface area contributed by atoms with Crippen molar-refractivity contribution in [2.75, 3.05) is 0 Å². The van der Waals surface area contributed by atoms with Gasteiger partial charge in [-0.3, -0.25) is 0 Å². The molecule has 3 rings (SSSR count). The van der Waals surface area contributed by atoms with Crippen molar-refractivity contribution in [2.45, 2.75) is 32.0 Å². The molecule has 4 nitrogen and oxygen atoms in total. The average Bonchev–Trinajstić information content (AvgIpc) is 3.15. The van der Waals surface area contributed by atoms with Gasteiger partial charge in [0.1, 0.15) is 17.4 Å². The van der Waals surface area contributed by atoms with Crippen molar-refractivity contribution in [1.82, 2.24) is 5.32 Å². The Morgan fingerprint density at radius 3 is 2.81 bits per heavy atom. The number of nitrogens with one attached hydrogen (secondary N) is 1. The Bertz CT molecular complexity index is 687. The highest BCUT2D eigenvalue weighted by Crippen LogP contribution is 2.22. The monoisotopic (exact) mass is 285 g/mol. The lowest BCUT2D eigenvalue weighted by Crippen LogP contribution is -2.27. The third-order valence-electron chi connectivity index (χ3n) is 3.65. The molecular weight excluding hydrogens is 266 g/mol. The van der Waals surface area contributed by atoms with E-state index in [1.807, 2.05) is 18.2 Å². The first-order valence-corrected chi connectivity index (χ1v) is 7.14. The first kappa shape index (κ1) is 13.9. The van der Waals surface area contributed by atoms with E-state index < -0.39 is 6.10 Å². The van der Waals surface area contributed by atoms with Crippen LogP contribution in [0, 0.1) is 0 Å². The van der Waals surface area contributed by atoms with Gasteiger partial charge in [-0.25, -0.2) is 0 Å². The molecular formula is C17H19NO3. The number of para-hydroxylation sites is 1. The van der Waals surface area contributed by atoms with Crippen LogP contribution < -0.4 is 5.32 Å². The minimum atomic E-state index is -0.580. The molecule has 21 heavy (non-hydrogen) atoms. The summed E-state index contributed by atoms with van der Waals surface area (Å²) in [6.45, 7) is 2.76.